The van der Waals surface area contributed by atoms with Crippen molar-refractivity contribution in [1.29, 1.82) is 0 Å². The molecule has 2 heterocycles. The van der Waals surface area contributed by atoms with Crippen LogP contribution in [0, 0.1) is 0 Å². The minimum absolute atomic E-state index is 0.178. The molecule has 0 amide bonds. The van der Waals surface area contributed by atoms with Gasteiger partial charge in [-0.1, -0.05) is 12.1 Å². The second kappa shape index (κ2) is 5.31. The van der Waals surface area contributed by atoms with Crippen LogP contribution in [0.5, 0.6) is 0 Å². The van der Waals surface area contributed by atoms with Crippen molar-refractivity contribution in [3.8, 4) is 0 Å². The number of sulfonamides is 1. The lowest BCUT2D eigenvalue weighted by Gasteiger charge is -2.45. The fourth-order valence-electron chi connectivity index (χ4n) is 2.81. The van der Waals surface area contributed by atoms with Crippen molar-refractivity contribution in [2.45, 2.75) is 30.6 Å². The number of hydrogen-bond donors (Lipinski definition) is 1. The number of benzene rings is 1. The van der Waals surface area contributed by atoms with E-state index in [0.29, 0.717) is 12.2 Å². The topological polar surface area (TPSA) is 93.1 Å². The minimum Gasteiger partial charge on any atom is -0.479 e. The van der Waals surface area contributed by atoms with E-state index < -0.39 is 21.6 Å². The highest BCUT2D eigenvalue weighted by Crippen LogP contribution is 2.35. The number of rotatable bonds is 5. The van der Waals surface area contributed by atoms with E-state index in [0.717, 1.165) is 9.87 Å². The third kappa shape index (κ3) is 2.23. The fraction of sp³-hybridized carbons (Fsp3) is 0.500. The van der Waals surface area contributed by atoms with Crippen LogP contribution in [0.3, 0.4) is 0 Å². The Hall–Kier alpha value is -1.48. The van der Waals surface area contributed by atoms with Crippen molar-refractivity contribution in [3.63, 3.8) is 0 Å². The van der Waals surface area contributed by atoms with Crippen LogP contribution in [0.1, 0.15) is 18.1 Å². The van der Waals surface area contributed by atoms with Crippen LogP contribution in [0.4, 0.5) is 0 Å². The van der Waals surface area contributed by atoms with E-state index in [1.807, 2.05) is 6.07 Å². The molecule has 0 saturated carbocycles. The van der Waals surface area contributed by atoms with E-state index in [-0.39, 0.29) is 31.2 Å². The second-order valence-electron chi connectivity index (χ2n) is 5.39. The Morgan fingerprint density at radius 1 is 1.41 bits per heavy atom. The maximum absolute atomic E-state index is 12.7. The zero-order valence-corrected chi connectivity index (χ0v) is 12.9. The highest BCUT2D eigenvalue weighted by atomic mass is 32.2. The summed E-state index contributed by atoms with van der Waals surface area (Å²) in [6, 6.07) is 5.04. The number of carbonyl (C=O) groups is 1. The van der Waals surface area contributed by atoms with Gasteiger partial charge in [0.2, 0.25) is 10.0 Å². The molecular formula is C14H17NO6S. The number of fused-ring (bicyclic) bond motifs is 1. The molecule has 1 aromatic rings. The molecule has 8 heteroatoms. The maximum Gasteiger partial charge on any atom is 0.338 e. The third-order valence-electron chi connectivity index (χ3n) is 4.03. The molecule has 0 unspecified atom stereocenters. The first-order valence-electron chi connectivity index (χ1n) is 6.97. The number of aliphatic carboxylic acids is 1. The van der Waals surface area contributed by atoms with Crippen molar-refractivity contribution in [2.24, 2.45) is 0 Å². The molecule has 0 bridgehead atoms. The van der Waals surface area contributed by atoms with Crippen molar-refractivity contribution in [3.05, 3.63) is 29.3 Å². The van der Waals surface area contributed by atoms with Crippen LogP contribution in [0.25, 0.3) is 0 Å². The first-order valence-corrected chi connectivity index (χ1v) is 8.41. The zero-order chi connectivity index (χ0) is 16.0. The largest absolute Gasteiger partial charge is 0.479 e. The Bertz CT molecular complexity index is 708. The van der Waals surface area contributed by atoms with Crippen molar-refractivity contribution in [2.75, 3.05) is 19.7 Å². The summed E-state index contributed by atoms with van der Waals surface area (Å²) in [7, 11) is -3.74. The first kappa shape index (κ1) is 15.4. The van der Waals surface area contributed by atoms with E-state index >= 15 is 0 Å². The van der Waals surface area contributed by atoms with Gasteiger partial charge in [-0.05, 0) is 18.6 Å². The Balaban J connectivity index is 1.88. The zero-order valence-electron chi connectivity index (χ0n) is 12.1. The summed E-state index contributed by atoms with van der Waals surface area (Å²) in [6.45, 7) is 2.20. The fourth-order valence-corrected chi connectivity index (χ4v) is 4.60. The lowest BCUT2D eigenvalue weighted by atomic mass is 9.97. The second-order valence-corrected chi connectivity index (χ2v) is 7.30. The van der Waals surface area contributed by atoms with Crippen molar-refractivity contribution in [1.82, 2.24) is 4.31 Å². The first-order chi connectivity index (χ1) is 10.4. The van der Waals surface area contributed by atoms with Gasteiger partial charge < -0.3 is 14.6 Å². The smallest absolute Gasteiger partial charge is 0.338 e. The molecule has 0 radical (unpaired) electrons. The Labute approximate surface area is 128 Å². The van der Waals surface area contributed by atoms with Crippen molar-refractivity contribution < 1.29 is 27.8 Å². The molecule has 0 aliphatic carbocycles. The summed E-state index contributed by atoms with van der Waals surface area (Å²) in [5.41, 5.74) is 0.0821. The lowest BCUT2D eigenvalue weighted by Crippen LogP contribution is -2.68. The minimum atomic E-state index is -3.74. The molecule has 1 aromatic carbocycles. The Kier molecular flexibility index (Phi) is 3.72. The molecule has 1 saturated heterocycles. The number of nitrogens with zero attached hydrogens (tertiary/aromatic N) is 1. The number of carboxylic acids is 1. The molecule has 120 valence electrons. The number of carboxylic acid groups (broad SMARTS) is 1. The summed E-state index contributed by atoms with van der Waals surface area (Å²) in [4.78, 5) is 11.5. The average Bonchev–Trinajstić information content (AvgIpc) is 2.89. The molecule has 22 heavy (non-hydrogen) atoms. The number of hydrogen-bond acceptors (Lipinski definition) is 5. The summed E-state index contributed by atoms with van der Waals surface area (Å²) in [5, 5.41) is 9.26. The van der Waals surface area contributed by atoms with Crippen LogP contribution in [-0.2, 0) is 37.5 Å². The van der Waals surface area contributed by atoms with Gasteiger partial charge in [0.1, 0.15) is 0 Å². The van der Waals surface area contributed by atoms with Gasteiger partial charge >= 0.3 is 5.97 Å². The van der Waals surface area contributed by atoms with E-state index in [9.17, 15) is 18.3 Å². The molecule has 0 aromatic heterocycles. The van der Waals surface area contributed by atoms with E-state index in [4.69, 9.17) is 9.47 Å². The quantitative estimate of drug-likeness (QED) is 0.850. The molecule has 1 fully saturated rings. The average molecular weight is 327 g/mol. The van der Waals surface area contributed by atoms with E-state index in [1.165, 1.54) is 6.07 Å². The van der Waals surface area contributed by atoms with Gasteiger partial charge in [0.05, 0.1) is 31.2 Å². The molecule has 1 N–H and O–H groups in total. The van der Waals surface area contributed by atoms with Gasteiger partial charge in [0.15, 0.2) is 5.60 Å². The summed E-state index contributed by atoms with van der Waals surface area (Å²) in [6.07, 6.45) is 0. The SMILES string of the molecule is CCOC1(C(=O)O)CN(S(=O)(=O)c2cccc3c2COC3)C1. The molecule has 2 aliphatic heterocycles. The predicted molar refractivity (Wildman–Crippen MR) is 75.7 cm³/mol. The van der Waals surface area contributed by atoms with Gasteiger partial charge in [-0.3, -0.25) is 0 Å². The lowest BCUT2D eigenvalue weighted by molar-refractivity contribution is -0.181. The van der Waals surface area contributed by atoms with Crippen molar-refractivity contribution >= 4 is 16.0 Å². The summed E-state index contributed by atoms with van der Waals surface area (Å²) in [5.74, 6) is -1.14. The van der Waals surface area contributed by atoms with Gasteiger partial charge in [0, 0.05) is 12.2 Å². The van der Waals surface area contributed by atoms with Gasteiger partial charge in [-0.2, -0.15) is 4.31 Å². The van der Waals surface area contributed by atoms with Crippen LogP contribution in [0.2, 0.25) is 0 Å². The summed E-state index contributed by atoms with van der Waals surface area (Å²) >= 11 is 0. The van der Waals surface area contributed by atoms with Crippen LogP contribution >= 0.6 is 0 Å². The highest BCUT2D eigenvalue weighted by Gasteiger charge is 2.55. The Morgan fingerprint density at radius 2 is 2.14 bits per heavy atom. The van der Waals surface area contributed by atoms with Gasteiger partial charge in [0.25, 0.3) is 0 Å². The molecule has 2 aliphatic rings. The van der Waals surface area contributed by atoms with Gasteiger partial charge in [-0.15, -0.1) is 0 Å². The molecule has 3 rings (SSSR count). The van der Waals surface area contributed by atoms with Crippen LogP contribution < -0.4 is 0 Å². The monoisotopic (exact) mass is 327 g/mol. The normalized spacial score (nSPS) is 20.4. The predicted octanol–water partition coefficient (Wildman–Crippen LogP) is 0.581. The third-order valence-corrected chi connectivity index (χ3v) is 5.90. The maximum atomic E-state index is 12.7. The van der Waals surface area contributed by atoms with Crippen LogP contribution in [-0.4, -0.2) is 49.1 Å². The van der Waals surface area contributed by atoms with E-state index in [1.54, 1.807) is 13.0 Å². The molecule has 0 spiro atoms. The Morgan fingerprint density at radius 3 is 2.77 bits per heavy atom. The molecular weight excluding hydrogens is 310 g/mol. The van der Waals surface area contributed by atoms with E-state index in [2.05, 4.69) is 0 Å². The van der Waals surface area contributed by atoms with Gasteiger partial charge in [-0.25, -0.2) is 13.2 Å². The highest BCUT2D eigenvalue weighted by molar-refractivity contribution is 7.89. The molecule has 7 nitrogen and oxygen atoms in total. The standard InChI is InChI=1S/C14H17NO6S/c1-2-21-14(13(16)17)8-15(9-14)22(18,19)12-5-3-4-10-6-20-7-11(10)12/h3-5H,2,6-9H2,1H3,(H,16,17). The molecule has 0 atom stereocenters. The number of ether oxygens (including phenoxy) is 2. The summed E-state index contributed by atoms with van der Waals surface area (Å²) < 4.78 is 37.1. The van der Waals surface area contributed by atoms with Crippen LogP contribution in [0.15, 0.2) is 23.1 Å².